The molecule has 0 aliphatic rings. The second kappa shape index (κ2) is 9.43. The topological polar surface area (TPSA) is 77.2 Å². The molecule has 0 fully saturated rings. The lowest BCUT2D eigenvalue weighted by molar-refractivity contribution is -0.116. The van der Waals surface area contributed by atoms with Crippen LogP contribution in [0.3, 0.4) is 0 Å². The average molecular weight is 404 g/mol. The van der Waals surface area contributed by atoms with Crippen molar-refractivity contribution in [2.45, 2.75) is 17.7 Å². The third-order valence-electron chi connectivity index (χ3n) is 3.64. The summed E-state index contributed by atoms with van der Waals surface area (Å²) in [6.07, 6.45) is 1.11. The summed E-state index contributed by atoms with van der Waals surface area (Å²) >= 11 is 7.55. The number of anilines is 1. The monoisotopic (exact) mass is 403 g/mol. The van der Waals surface area contributed by atoms with Gasteiger partial charge in [-0.05, 0) is 60.7 Å². The fourth-order valence-corrected chi connectivity index (χ4v) is 3.24. The van der Waals surface area contributed by atoms with Gasteiger partial charge < -0.3 is 9.15 Å². The van der Waals surface area contributed by atoms with Gasteiger partial charge in [-0.25, -0.2) is 0 Å². The minimum atomic E-state index is -0.156. The fraction of sp³-hybridized carbons (Fsp3) is 0.211. The molecular formula is C19H18ClN3O3S. The van der Waals surface area contributed by atoms with Crippen molar-refractivity contribution in [1.29, 1.82) is 0 Å². The summed E-state index contributed by atoms with van der Waals surface area (Å²) in [5.41, 5.74) is 0.739. The quantitative estimate of drug-likeness (QED) is 0.425. The number of nitrogens with one attached hydrogen (secondary N) is 1. The Morgan fingerprint density at radius 1 is 1.15 bits per heavy atom. The van der Waals surface area contributed by atoms with E-state index in [0.29, 0.717) is 17.3 Å². The van der Waals surface area contributed by atoms with Gasteiger partial charge in [0.05, 0.1) is 7.11 Å². The van der Waals surface area contributed by atoms with E-state index in [-0.39, 0.29) is 11.9 Å². The minimum absolute atomic E-state index is 0.0905. The number of hydrogen-bond acceptors (Lipinski definition) is 6. The van der Waals surface area contributed by atoms with Gasteiger partial charge in [0.1, 0.15) is 5.75 Å². The van der Waals surface area contributed by atoms with Gasteiger partial charge in [-0.2, -0.15) is 0 Å². The molecule has 1 amide bonds. The van der Waals surface area contributed by atoms with Gasteiger partial charge in [0.15, 0.2) is 0 Å². The first-order valence-electron chi connectivity index (χ1n) is 8.30. The molecule has 6 nitrogen and oxygen atoms in total. The maximum Gasteiger partial charge on any atom is 0.322 e. The highest BCUT2D eigenvalue weighted by molar-refractivity contribution is 7.99. The Balaban J connectivity index is 1.42. The van der Waals surface area contributed by atoms with Gasteiger partial charge in [-0.3, -0.25) is 10.1 Å². The van der Waals surface area contributed by atoms with E-state index < -0.39 is 0 Å². The van der Waals surface area contributed by atoms with Crippen molar-refractivity contribution in [2.75, 3.05) is 18.2 Å². The molecule has 0 aliphatic carbocycles. The Morgan fingerprint density at radius 2 is 1.89 bits per heavy atom. The molecular weight excluding hydrogens is 386 g/mol. The van der Waals surface area contributed by atoms with Gasteiger partial charge in [-0.1, -0.05) is 16.7 Å². The lowest BCUT2D eigenvalue weighted by Crippen LogP contribution is -2.11. The molecule has 3 aromatic rings. The number of aromatic nitrogens is 2. The normalized spacial score (nSPS) is 10.6. The number of halogens is 1. The van der Waals surface area contributed by atoms with Crippen molar-refractivity contribution in [2.24, 2.45) is 0 Å². The van der Waals surface area contributed by atoms with Crippen LogP contribution in [0.4, 0.5) is 6.01 Å². The number of ether oxygens (including phenoxy) is 1. The lowest BCUT2D eigenvalue weighted by atomic mass is 10.2. The molecule has 0 saturated carbocycles. The number of amides is 1. The van der Waals surface area contributed by atoms with Crippen LogP contribution >= 0.6 is 23.4 Å². The van der Waals surface area contributed by atoms with Crippen molar-refractivity contribution in [3.8, 4) is 17.2 Å². The third-order valence-corrected chi connectivity index (χ3v) is 4.99. The number of thioether (sulfide) groups is 1. The van der Waals surface area contributed by atoms with E-state index in [9.17, 15) is 4.79 Å². The average Bonchev–Trinajstić information content (AvgIpc) is 3.14. The van der Waals surface area contributed by atoms with E-state index >= 15 is 0 Å². The van der Waals surface area contributed by atoms with Crippen molar-refractivity contribution in [3.63, 3.8) is 0 Å². The van der Waals surface area contributed by atoms with Crippen molar-refractivity contribution >= 4 is 35.3 Å². The standard InChI is InChI=1S/C19H18ClN3O3S/c1-25-15-8-10-16(11-9-15)27-12-2-3-17(24)21-19-23-22-18(26-19)13-4-6-14(20)7-5-13/h4-11H,2-3,12H2,1H3,(H,21,23,24). The van der Waals surface area contributed by atoms with Crippen LogP contribution in [0.5, 0.6) is 5.75 Å². The number of nitrogens with zero attached hydrogens (tertiary/aromatic N) is 2. The predicted molar refractivity (Wildman–Crippen MR) is 106 cm³/mol. The third kappa shape index (κ3) is 5.74. The Bertz CT molecular complexity index is 882. The Kier molecular flexibility index (Phi) is 6.73. The first-order valence-corrected chi connectivity index (χ1v) is 9.66. The van der Waals surface area contributed by atoms with E-state index in [1.807, 2.05) is 24.3 Å². The number of carbonyl (C=O) groups is 1. The minimum Gasteiger partial charge on any atom is -0.497 e. The zero-order valence-electron chi connectivity index (χ0n) is 14.6. The molecule has 140 valence electrons. The first kappa shape index (κ1) is 19.3. The molecule has 27 heavy (non-hydrogen) atoms. The molecule has 1 heterocycles. The Morgan fingerprint density at radius 3 is 2.59 bits per heavy atom. The molecule has 0 unspecified atom stereocenters. The highest BCUT2D eigenvalue weighted by atomic mass is 35.5. The maximum absolute atomic E-state index is 12.0. The number of hydrogen-bond donors (Lipinski definition) is 1. The number of carbonyl (C=O) groups excluding carboxylic acids is 1. The first-order chi connectivity index (χ1) is 13.1. The van der Waals surface area contributed by atoms with Gasteiger partial charge in [0, 0.05) is 21.9 Å². The largest absolute Gasteiger partial charge is 0.497 e. The van der Waals surface area contributed by atoms with Crippen LogP contribution in [0, 0.1) is 0 Å². The molecule has 0 bridgehead atoms. The highest BCUT2D eigenvalue weighted by Gasteiger charge is 2.11. The van der Waals surface area contributed by atoms with Gasteiger partial charge in [0.2, 0.25) is 11.8 Å². The van der Waals surface area contributed by atoms with Crippen LogP contribution in [-0.2, 0) is 4.79 Å². The molecule has 0 radical (unpaired) electrons. The molecule has 0 saturated heterocycles. The van der Waals surface area contributed by atoms with Crippen LogP contribution in [0.25, 0.3) is 11.5 Å². The molecule has 0 spiro atoms. The van der Waals surface area contributed by atoms with E-state index in [1.54, 1.807) is 43.1 Å². The Labute approximate surface area is 166 Å². The molecule has 3 rings (SSSR count). The lowest BCUT2D eigenvalue weighted by Gasteiger charge is -2.03. The van der Waals surface area contributed by atoms with Crippen molar-refractivity contribution in [3.05, 3.63) is 53.6 Å². The van der Waals surface area contributed by atoms with Gasteiger partial charge in [-0.15, -0.1) is 16.9 Å². The summed E-state index contributed by atoms with van der Waals surface area (Å²) in [6, 6.07) is 15.0. The fourth-order valence-electron chi connectivity index (χ4n) is 2.26. The molecule has 2 aromatic carbocycles. The van der Waals surface area contributed by atoms with Crippen LogP contribution in [0.2, 0.25) is 5.02 Å². The number of benzene rings is 2. The molecule has 0 aliphatic heterocycles. The van der Waals surface area contributed by atoms with Crippen LogP contribution in [0.1, 0.15) is 12.8 Å². The summed E-state index contributed by atoms with van der Waals surface area (Å²) < 4.78 is 10.6. The van der Waals surface area contributed by atoms with Crippen molar-refractivity contribution < 1.29 is 13.9 Å². The summed E-state index contributed by atoms with van der Waals surface area (Å²) in [5, 5.41) is 11.0. The van der Waals surface area contributed by atoms with Crippen LogP contribution < -0.4 is 10.1 Å². The summed E-state index contributed by atoms with van der Waals surface area (Å²) in [5.74, 6) is 1.84. The zero-order valence-corrected chi connectivity index (χ0v) is 16.2. The molecule has 8 heteroatoms. The van der Waals surface area contributed by atoms with Gasteiger partial charge >= 0.3 is 6.01 Å². The smallest absolute Gasteiger partial charge is 0.322 e. The molecule has 0 atom stereocenters. The van der Waals surface area contributed by atoms with E-state index in [0.717, 1.165) is 28.4 Å². The number of rotatable bonds is 8. The zero-order chi connectivity index (χ0) is 19.1. The van der Waals surface area contributed by atoms with Crippen molar-refractivity contribution in [1.82, 2.24) is 10.2 Å². The maximum atomic E-state index is 12.0. The highest BCUT2D eigenvalue weighted by Crippen LogP contribution is 2.23. The van der Waals surface area contributed by atoms with Crippen LogP contribution in [0.15, 0.2) is 57.8 Å². The second-order valence-electron chi connectivity index (χ2n) is 5.59. The van der Waals surface area contributed by atoms with Crippen LogP contribution in [-0.4, -0.2) is 29.0 Å². The molecule has 1 N–H and O–H groups in total. The summed E-state index contributed by atoms with van der Waals surface area (Å²) in [6.45, 7) is 0. The molecule has 1 aromatic heterocycles. The van der Waals surface area contributed by atoms with E-state index in [2.05, 4.69) is 15.5 Å². The summed E-state index contributed by atoms with van der Waals surface area (Å²) in [7, 11) is 1.64. The summed E-state index contributed by atoms with van der Waals surface area (Å²) in [4.78, 5) is 13.2. The Hall–Kier alpha value is -2.51. The predicted octanol–water partition coefficient (Wildman–Crippen LogP) is 4.91. The van der Waals surface area contributed by atoms with E-state index in [4.69, 9.17) is 20.8 Å². The van der Waals surface area contributed by atoms with E-state index in [1.165, 1.54) is 0 Å². The SMILES string of the molecule is COc1ccc(SCCCC(=O)Nc2nnc(-c3ccc(Cl)cc3)o2)cc1. The second-order valence-corrected chi connectivity index (χ2v) is 7.20. The van der Waals surface area contributed by atoms with Gasteiger partial charge in [0.25, 0.3) is 0 Å². The number of methoxy groups -OCH3 is 1.